The number of fused-ring (bicyclic) bond motifs is 2. The smallest absolute Gasteiger partial charge is 0.315 e. The summed E-state index contributed by atoms with van der Waals surface area (Å²) in [6.45, 7) is 0. The van der Waals surface area contributed by atoms with Crippen molar-refractivity contribution < 1.29 is 65.9 Å². The molecule has 0 bridgehead atoms. The third kappa shape index (κ3) is 9.54. The van der Waals surface area contributed by atoms with Crippen LogP contribution in [0, 0.1) is 6.08 Å². The number of allylic oxidation sites excluding steroid dienone is 1. The number of ketones is 1. The van der Waals surface area contributed by atoms with E-state index in [2.05, 4.69) is 41.4 Å². The number of aromatic nitrogens is 3. The SMILES string of the molecule is O=C(Nc1cc(S(=O)(=O)O)cc2c1C(=O)/C(=N\Nc1cc(Nc3nc(F)nc(Nc4ccc5ccccc5c4S(=O)(=O)O)n3)ccc1S(=O)(=O)O)C(S(=O)(=O)O)=C2)c1ccccc1. The lowest BCUT2D eigenvalue weighted by Gasteiger charge is -2.20. The van der Waals surface area contributed by atoms with E-state index >= 15 is 0 Å². The molecule has 0 spiro atoms. The van der Waals surface area contributed by atoms with Crippen LogP contribution in [0.25, 0.3) is 16.8 Å². The number of nitrogens with zero attached hydrogens (tertiary/aromatic N) is 4. The molecule has 1 aliphatic carbocycles. The van der Waals surface area contributed by atoms with Crippen LogP contribution in [0.2, 0.25) is 0 Å². The van der Waals surface area contributed by atoms with Crippen LogP contribution in [0.15, 0.2) is 122 Å². The second-order valence-electron chi connectivity index (χ2n) is 12.9. The van der Waals surface area contributed by atoms with Crippen molar-refractivity contribution in [1.82, 2.24) is 15.0 Å². The number of carbonyl (C=O) groups is 2. The molecule has 1 aromatic heterocycles. The first kappa shape index (κ1) is 44.0. The second-order valence-corrected chi connectivity index (χ2v) is 18.5. The first-order valence-electron chi connectivity index (χ1n) is 17.1. The molecule has 5 aromatic carbocycles. The molecule has 8 N–H and O–H groups in total. The van der Waals surface area contributed by atoms with E-state index in [0.717, 1.165) is 18.2 Å². The van der Waals surface area contributed by atoms with Gasteiger partial charge in [-0.15, -0.1) is 0 Å². The van der Waals surface area contributed by atoms with Crippen LogP contribution in [0.4, 0.5) is 39.0 Å². The molecule has 63 heavy (non-hydrogen) atoms. The number of carbonyl (C=O) groups excluding carboxylic acids is 2. The number of nitrogens with one attached hydrogen (secondary N) is 4. The number of hydrogen-bond acceptors (Lipinski definition) is 17. The fraction of sp³-hybridized carbons (Fsp3) is 0. The molecule has 1 aliphatic rings. The number of hydrogen-bond donors (Lipinski definition) is 8. The van der Waals surface area contributed by atoms with Crippen molar-refractivity contribution in [3.05, 3.63) is 125 Å². The third-order valence-corrected chi connectivity index (χ3v) is 12.3. The minimum Gasteiger partial charge on any atom is -0.324 e. The molecule has 0 fully saturated rings. The average Bonchev–Trinajstić information content (AvgIpc) is 3.18. The van der Waals surface area contributed by atoms with E-state index in [1.54, 1.807) is 18.2 Å². The Morgan fingerprint density at radius 2 is 1.32 bits per heavy atom. The van der Waals surface area contributed by atoms with E-state index in [9.17, 15) is 65.9 Å². The lowest BCUT2D eigenvalue weighted by atomic mass is 9.92. The van der Waals surface area contributed by atoms with Crippen LogP contribution in [-0.2, 0) is 40.5 Å². The summed E-state index contributed by atoms with van der Waals surface area (Å²) >= 11 is 0. The highest BCUT2D eigenvalue weighted by atomic mass is 32.2. The highest BCUT2D eigenvalue weighted by molar-refractivity contribution is 7.91. The van der Waals surface area contributed by atoms with Crippen LogP contribution >= 0.6 is 0 Å². The molecule has 0 saturated carbocycles. The van der Waals surface area contributed by atoms with Crippen LogP contribution in [0.1, 0.15) is 26.3 Å². The Bertz CT molecular complexity index is 3460. The van der Waals surface area contributed by atoms with Crippen molar-refractivity contribution in [3.63, 3.8) is 0 Å². The molecule has 27 heteroatoms. The maximum Gasteiger partial charge on any atom is 0.315 e. The summed E-state index contributed by atoms with van der Waals surface area (Å²) in [5, 5.41) is 11.6. The average molecular weight is 941 g/mol. The van der Waals surface area contributed by atoms with Crippen molar-refractivity contribution in [3.8, 4) is 0 Å². The predicted octanol–water partition coefficient (Wildman–Crippen LogP) is 4.54. The highest BCUT2D eigenvalue weighted by Crippen LogP contribution is 2.36. The van der Waals surface area contributed by atoms with Crippen LogP contribution in [0.3, 0.4) is 0 Å². The number of rotatable bonds is 12. The lowest BCUT2D eigenvalue weighted by Crippen LogP contribution is -2.29. The molecule has 0 atom stereocenters. The molecule has 324 valence electrons. The van der Waals surface area contributed by atoms with Gasteiger partial charge in [0.2, 0.25) is 17.7 Å². The van der Waals surface area contributed by atoms with Gasteiger partial charge >= 0.3 is 6.08 Å². The van der Waals surface area contributed by atoms with Crippen molar-refractivity contribution >= 4 is 109 Å². The van der Waals surface area contributed by atoms with Gasteiger partial charge in [-0.2, -0.15) is 58.1 Å². The largest absolute Gasteiger partial charge is 0.324 e. The number of Topliss-reactive ketones (excluding diaryl/α,β-unsaturated/α-hetero) is 1. The van der Waals surface area contributed by atoms with Gasteiger partial charge in [0, 0.05) is 16.6 Å². The Balaban J connectivity index is 1.26. The first-order valence-corrected chi connectivity index (χ1v) is 22.9. The molecule has 0 unspecified atom stereocenters. The third-order valence-electron chi connectivity index (χ3n) is 8.76. The Labute approximate surface area is 354 Å². The molecule has 22 nitrogen and oxygen atoms in total. The van der Waals surface area contributed by atoms with Gasteiger partial charge in [-0.05, 0) is 65.6 Å². The van der Waals surface area contributed by atoms with Gasteiger partial charge in [-0.3, -0.25) is 33.2 Å². The molecular formula is C36H25FN8O14S4. The standard InChI is InChI=1S/C36H25FN8O14S4/c37-34-41-35(43-36(42-34)40-24-12-10-18-6-4-5-9-23(18)32(24)63(57,58)59)38-21-11-13-27(61(51,52)53)25(16-21)44-45-30-28(62(54,55)56)15-20-14-22(60(48,49)50)17-26(29(20)31(30)46)39-33(47)19-7-2-1-3-8-19/h1-17,44H,(H,39,47)(H,48,49,50)(H,51,52,53)(H,54,55,56)(H,57,58,59)(H2,38,40,41,42,43)/b45-30-. The van der Waals surface area contributed by atoms with Gasteiger partial charge in [0.1, 0.15) is 14.7 Å². The number of benzene rings is 5. The molecule has 6 aromatic rings. The summed E-state index contributed by atoms with van der Waals surface area (Å²) < 4.78 is 154. The van der Waals surface area contributed by atoms with Gasteiger partial charge in [0.05, 0.1) is 27.5 Å². The van der Waals surface area contributed by atoms with E-state index in [-0.39, 0.29) is 22.3 Å². The first-order chi connectivity index (χ1) is 29.5. The van der Waals surface area contributed by atoms with E-state index in [4.69, 9.17) is 0 Å². The monoisotopic (exact) mass is 940 g/mol. The van der Waals surface area contributed by atoms with E-state index in [0.29, 0.717) is 23.6 Å². The van der Waals surface area contributed by atoms with Gasteiger partial charge in [0.25, 0.3) is 46.4 Å². The fourth-order valence-electron chi connectivity index (χ4n) is 6.15. The molecule has 1 heterocycles. The summed E-state index contributed by atoms with van der Waals surface area (Å²) in [5.41, 5.74) is -1.91. The van der Waals surface area contributed by atoms with E-state index < -0.39 is 118 Å². The maximum absolute atomic E-state index is 14.8. The Morgan fingerprint density at radius 1 is 0.651 bits per heavy atom. The number of anilines is 6. The quantitative estimate of drug-likeness (QED) is 0.0616. The number of halogens is 1. The molecule has 0 radical (unpaired) electrons. The van der Waals surface area contributed by atoms with Crippen LogP contribution in [-0.4, -0.2) is 84.2 Å². The van der Waals surface area contributed by atoms with Gasteiger partial charge in [-0.25, -0.2) is 0 Å². The summed E-state index contributed by atoms with van der Waals surface area (Å²) in [6.07, 6.45) is -0.842. The van der Waals surface area contributed by atoms with E-state index in [1.807, 2.05) is 0 Å². The van der Waals surface area contributed by atoms with Crippen molar-refractivity contribution in [2.75, 3.05) is 21.4 Å². The second kappa shape index (κ2) is 16.3. The minimum absolute atomic E-state index is 0.0197. The molecular weight excluding hydrogens is 916 g/mol. The van der Waals surface area contributed by atoms with Crippen molar-refractivity contribution in [1.29, 1.82) is 0 Å². The Morgan fingerprint density at radius 3 is 1.97 bits per heavy atom. The Hall–Kier alpha value is -7.11. The fourth-order valence-corrected chi connectivity index (χ4v) is 8.83. The summed E-state index contributed by atoms with van der Waals surface area (Å²) in [5.74, 6) is -3.47. The van der Waals surface area contributed by atoms with Crippen molar-refractivity contribution in [2.45, 2.75) is 14.7 Å². The molecule has 1 amide bonds. The van der Waals surface area contributed by atoms with Crippen molar-refractivity contribution in [2.24, 2.45) is 5.10 Å². The molecule has 0 aliphatic heterocycles. The highest BCUT2D eigenvalue weighted by Gasteiger charge is 2.36. The Kier molecular flexibility index (Phi) is 11.4. The zero-order chi connectivity index (χ0) is 45.6. The molecule has 7 rings (SSSR count). The van der Waals surface area contributed by atoms with Gasteiger partial charge in [-0.1, -0.05) is 48.5 Å². The van der Waals surface area contributed by atoms with Crippen LogP contribution < -0.4 is 21.4 Å². The van der Waals surface area contributed by atoms with Crippen LogP contribution in [0.5, 0.6) is 0 Å². The van der Waals surface area contributed by atoms with Gasteiger partial charge < -0.3 is 16.0 Å². The lowest BCUT2D eigenvalue weighted by molar-refractivity contribution is 0.102. The summed E-state index contributed by atoms with van der Waals surface area (Å²) in [4.78, 5) is 34.5. The minimum atomic E-state index is -5.44. The van der Waals surface area contributed by atoms with Gasteiger partial charge in [0.15, 0.2) is 5.71 Å². The number of hydrazone groups is 1. The summed E-state index contributed by atoms with van der Waals surface area (Å²) in [6, 6.07) is 20.2. The maximum atomic E-state index is 14.8. The summed E-state index contributed by atoms with van der Waals surface area (Å²) in [7, 11) is -20.6. The normalized spacial score (nSPS) is 13.9. The zero-order valence-electron chi connectivity index (χ0n) is 31.0. The zero-order valence-corrected chi connectivity index (χ0v) is 34.3. The topological polar surface area (TPSA) is 351 Å². The van der Waals surface area contributed by atoms with E-state index in [1.165, 1.54) is 48.5 Å². The number of amides is 1. The molecule has 0 saturated heterocycles. The predicted molar refractivity (Wildman–Crippen MR) is 222 cm³/mol.